The zero-order valence-electron chi connectivity index (χ0n) is 10.7. The van der Waals surface area contributed by atoms with E-state index < -0.39 is 10.8 Å². The molecule has 0 aliphatic heterocycles. The number of amides is 1. The number of carbonyl (C=O) groups excluding carboxylic acids is 1. The Kier molecular flexibility index (Phi) is 4.36. The van der Waals surface area contributed by atoms with Gasteiger partial charge in [-0.3, -0.25) is 14.9 Å². The van der Waals surface area contributed by atoms with Crippen LogP contribution in [-0.4, -0.2) is 10.8 Å². The molecule has 104 valence electrons. The normalized spacial score (nSPS) is 9.71. The van der Waals surface area contributed by atoms with Crippen molar-refractivity contribution in [2.24, 2.45) is 0 Å². The van der Waals surface area contributed by atoms with E-state index in [1.54, 1.807) is 24.3 Å². The fourth-order valence-corrected chi connectivity index (χ4v) is 2.11. The first kappa shape index (κ1) is 14.8. The Morgan fingerprint density at radius 1 is 1.29 bits per heavy atom. The number of non-ortho nitro benzene ring substituents is 1. The summed E-state index contributed by atoms with van der Waals surface area (Å²) >= 11 is 3.21. The van der Waals surface area contributed by atoms with Crippen LogP contribution in [0.1, 0.15) is 15.9 Å². The van der Waals surface area contributed by atoms with Gasteiger partial charge in [0, 0.05) is 27.9 Å². The molecule has 0 aliphatic rings. The van der Waals surface area contributed by atoms with Crippen molar-refractivity contribution >= 4 is 33.2 Å². The number of carbonyl (C=O) groups is 1. The number of nitrogens with zero attached hydrogens (tertiary/aromatic N) is 1. The second-order valence-corrected chi connectivity index (χ2v) is 4.95. The summed E-state index contributed by atoms with van der Waals surface area (Å²) < 4.78 is 0.471. The number of rotatable bonds is 3. The summed E-state index contributed by atoms with van der Waals surface area (Å²) in [5, 5.41) is 13.4. The summed E-state index contributed by atoms with van der Waals surface area (Å²) in [6.07, 6.45) is 5.29. The summed E-state index contributed by atoms with van der Waals surface area (Å²) in [5.41, 5.74) is 1.18. The van der Waals surface area contributed by atoms with Gasteiger partial charge in [-0.1, -0.05) is 12.0 Å². The van der Waals surface area contributed by atoms with E-state index in [-0.39, 0.29) is 11.3 Å². The molecule has 0 saturated carbocycles. The number of benzene rings is 2. The van der Waals surface area contributed by atoms with E-state index in [4.69, 9.17) is 6.42 Å². The number of hydrogen-bond donors (Lipinski definition) is 1. The van der Waals surface area contributed by atoms with Gasteiger partial charge in [0.15, 0.2) is 0 Å². The molecule has 0 saturated heterocycles. The van der Waals surface area contributed by atoms with Crippen LogP contribution in [0, 0.1) is 22.5 Å². The van der Waals surface area contributed by atoms with Gasteiger partial charge >= 0.3 is 0 Å². The maximum atomic E-state index is 12.2. The molecule has 6 heteroatoms. The average Bonchev–Trinajstić information content (AvgIpc) is 2.47. The molecule has 2 aromatic rings. The van der Waals surface area contributed by atoms with E-state index in [0.29, 0.717) is 15.7 Å². The number of anilines is 1. The third kappa shape index (κ3) is 3.46. The molecular formula is C15H9BrN2O3. The fraction of sp³-hybridized carbons (Fsp3) is 0. The molecule has 0 spiro atoms. The summed E-state index contributed by atoms with van der Waals surface area (Å²) in [7, 11) is 0. The average molecular weight is 345 g/mol. The van der Waals surface area contributed by atoms with Crippen LogP contribution in [0.25, 0.3) is 0 Å². The van der Waals surface area contributed by atoms with E-state index in [1.165, 1.54) is 18.2 Å². The zero-order chi connectivity index (χ0) is 15.4. The fourth-order valence-electron chi connectivity index (χ4n) is 1.69. The lowest BCUT2D eigenvalue weighted by molar-refractivity contribution is -0.384. The molecule has 0 fully saturated rings. The van der Waals surface area contributed by atoms with Gasteiger partial charge in [-0.2, -0.15) is 0 Å². The minimum absolute atomic E-state index is 0.152. The van der Waals surface area contributed by atoms with Crippen molar-refractivity contribution in [3.63, 3.8) is 0 Å². The number of hydrogen-bond acceptors (Lipinski definition) is 3. The quantitative estimate of drug-likeness (QED) is 0.525. The summed E-state index contributed by atoms with van der Waals surface area (Å²) in [6, 6.07) is 10.8. The first-order chi connectivity index (χ1) is 10.0. The van der Waals surface area contributed by atoms with Crippen LogP contribution < -0.4 is 5.32 Å². The largest absolute Gasteiger partial charge is 0.322 e. The number of terminal acetylenes is 1. The van der Waals surface area contributed by atoms with Crippen molar-refractivity contribution in [1.82, 2.24) is 0 Å². The number of nitrogens with one attached hydrogen (secondary N) is 1. The number of halogens is 1. The number of nitro benzene ring substituents is 1. The predicted octanol–water partition coefficient (Wildman–Crippen LogP) is 3.59. The lowest BCUT2D eigenvalue weighted by atomic mass is 10.1. The smallest absolute Gasteiger partial charge is 0.270 e. The van der Waals surface area contributed by atoms with E-state index in [9.17, 15) is 14.9 Å². The Morgan fingerprint density at radius 3 is 2.71 bits per heavy atom. The van der Waals surface area contributed by atoms with Crippen molar-refractivity contribution in [2.75, 3.05) is 5.32 Å². The number of nitro groups is 1. The van der Waals surface area contributed by atoms with Gasteiger partial charge in [-0.05, 0) is 40.2 Å². The zero-order valence-corrected chi connectivity index (χ0v) is 12.3. The first-order valence-corrected chi connectivity index (χ1v) is 6.62. The molecule has 0 aromatic heterocycles. The van der Waals surface area contributed by atoms with Gasteiger partial charge in [0.05, 0.1) is 10.5 Å². The maximum Gasteiger partial charge on any atom is 0.270 e. The molecule has 1 N–H and O–H groups in total. The second kappa shape index (κ2) is 6.20. The van der Waals surface area contributed by atoms with Crippen LogP contribution in [0.5, 0.6) is 0 Å². The van der Waals surface area contributed by atoms with E-state index in [0.717, 1.165) is 0 Å². The molecular weight excluding hydrogens is 336 g/mol. The Hall–Kier alpha value is -2.65. The van der Waals surface area contributed by atoms with Gasteiger partial charge in [0.2, 0.25) is 0 Å². The molecule has 0 atom stereocenters. The second-order valence-electron chi connectivity index (χ2n) is 4.10. The van der Waals surface area contributed by atoms with Gasteiger partial charge in [0.1, 0.15) is 0 Å². The summed E-state index contributed by atoms with van der Waals surface area (Å²) in [5.74, 6) is 2.01. The monoisotopic (exact) mass is 344 g/mol. The standard InChI is InChI=1S/C15H9BrN2O3/c1-2-10-4-3-5-11(8-10)17-15(19)13-9-12(18(20)21)6-7-14(13)16/h1,3-9H,(H,17,19). The topological polar surface area (TPSA) is 72.2 Å². The van der Waals surface area contributed by atoms with Crippen LogP contribution in [0.4, 0.5) is 11.4 Å². The highest BCUT2D eigenvalue weighted by molar-refractivity contribution is 9.10. The molecule has 0 unspecified atom stereocenters. The van der Waals surface area contributed by atoms with E-state index >= 15 is 0 Å². The molecule has 1 amide bonds. The van der Waals surface area contributed by atoms with Gasteiger partial charge < -0.3 is 5.32 Å². The molecule has 2 rings (SSSR count). The van der Waals surface area contributed by atoms with Gasteiger partial charge in [-0.25, -0.2) is 0 Å². The molecule has 0 aliphatic carbocycles. The lowest BCUT2D eigenvalue weighted by Gasteiger charge is -2.07. The van der Waals surface area contributed by atoms with Gasteiger partial charge in [-0.15, -0.1) is 6.42 Å². The summed E-state index contributed by atoms with van der Waals surface area (Å²) in [6.45, 7) is 0. The molecule has 5 nitrogen and oxygen atoms in total. The molecule has 21 heavy (non-hydrogen) atoms. The molecule has 0 bridgehead atoms. The maximum absolute atomic E-state index is 12.2. The first-order valence-electron chi connectivity index (χ1n) is 5.83. The van der Waals surface area contributed by atoms with E-state index in [1.807, 2.05) is 0 Å². The Bertz CT molecular complexity index is 766. The van der Waals surface area contributed by atoms with Crippen LogP contribution in [0.2, 0.25) is 0 Å². The lowest BCUT2D eigenvalue weighted by Crippen LogP contribution is -2.13. The molecule has 2 aromatic carbocycles. The van der Waals surface area contributed by atoms with Crippen LogP contribution >= 0.6 is 15.9 Å². The van der Waals surface area contributed by atoms with Crippen LogP contribution in [0.15, 0.2) is 46.9 Å². The van der Waals surface area contributed by atoms with Crippen molar-refractivity contribution in [1.29, 1.82) is 0 Å². The highest BCUT2D eigenvalue weighted by Gasteiger charge is 2.15. The Balaban J connectivity index is 2.30. The highest BCUT2D eigenvalue weighted by Crippen LogP contribution is 2.23. The third-order valence-electron chi connectivity index (χ3n) is 2.69. The molecule has 0 radical (unpaired) electrons. The van der Waals surface area contributed by atoms with Crippen molar-refractivity contribution in [2.45, 2.75) is 0 Å². The van der Waals surface area contributed by atoms with Crippen molar-refractivity contribution in [3.05, 3.63) is 68.2 Å². The SMILES string of the molecule is C#Cc1cccc(NC(=O)c2cc([N+](=O)[O-])ccc2Br)c1. The van der Waals surface area contributed by atoms with E-state index in [2.05, 4.69) is 27.2 Å². The van der Waals surface area contributed by atoms with Crippen molar-refractivity contribution in [3.8, 4) is 12.3 Å². The Labute approximate surface area is 129 Å². The third-order valence-corrected chi connectivity index (χ3v) is 3.38. The van der Waals surface area contributed by atoms with Gasteiger partial charge in [0.25, 0.3) is 11.6 Å². The molecule has 0 heterocycles. The Morgan fingerprint density at radius 2 is 2.05 bits per heavy atom. The van der Waals surface area contributed by atoms with Crippen molar-refractivity contribution < 1.29 is 9.72 Å². The highest BCUT2D eigenvalue weighted by atomic mass is 79.9. The minimum Gasteiger partial charge on any atom is -0.322 e. The summed E-state index contributed by atoms with van der Waals surface area (Å²) in [4.78, 5) is 22.4. The minimum atomic E-state index is -0.553. The predicted molar refractivity (Wildman–Crippen MR) is 83.1 cm³/mol. The van der Waals surface area contributed by atoms with Crippen LogP contribution in [-0.2, 0) is 0 Å². The van der Waals surface area contributed by atoms with Crippen LogP contribution in [0.3, 0.4) is 0 Å².